The number of fused-ring (bicyclic) bond motifs is 1. The molecule has 21 heavy (non-hydrogen) atoms. The van der Waals surface area contributed by atoms with Gasteiger partial charge in [0.1, 0.15) is 5.75 Å². The highest BCUT2D eigenvalue weighted by molar-refractivity contribution is 9.10. The molecule has 0 amide bonds. The molecule has 1 aromatic carbocycles. The molecular weight excluding hydrogens is 340 g/mol. The van der Waals surface area contributed by atoms with E-state index in [1.54, 1.807) is 24.5 Å². The van der Waals surface area contributed by atoms with E-state index in [9.17, 15) is 10.1 Å². The molecule has 0 atom stereocenters. The maximum atomic E-state index is 11.0. The first-order chi connectivity index (χ1) is 10.1. The predicted octanol–water partition coefficient (Wildman–Crippen LogP) is 3.49. The Morgan fingerprint density at radius 2 is 1.90 bits per heavy atom. The smallest absolute Gasteiger partial charge is 0.321 e. The lowest BCUT2D eigenvalue weighted by atomic mass is 10.2. The first-order valence-corrected chi connectivity index (χ1v) is 6.62. The van der Waals surface area contributed by atoms with Crippen LogP contribution in [0, 0.1) is 10.1 Å². The number of rotatable bonds is 3. The summed E-state index contributed by atoms with van der Waals surface area (Å²) >= 11 is 3.23. The number of nitro benzene ring substituents is 1. The summed E-state index contributed by atoms with van der Waals surface area (Å²) < 4.78 is 6.30. The van der Waals surface area contributed by atoms with Gasteiger partial charge in [-0.3, -0.25) is 10.1 Å². The molecule has 0 unspecified atom stereocenters. The number of hydrogen-bond donors (Lipinski definition) is 0. The normalized spacial score (nSPS) is 10.5. The molecule has 0 radical (unpaired) electrons. The van der Waals surface area contributed by atoms with Crippen LogP contribution in [0.4, 0.5) is 5.69 Å². The van der Waals surface area contributed by atoms with Crippen LogP contribution in [0.15, 0.2) is 47.3 Å². The molecule has 0 saturated carbocycles. The van der Waals surface area contributed by atoms with Gasteiger partial charge in [0.05, 0.1) is 14.8 Å². The van der Waals surface area contributed by atoms with E-state index in [4.69, 9.17) is 4.74 Å². The lowest BCUT2D eigenvalue weighted by Crippen LogP contribution is -1.95. The second kappa shape index (κ2) is 5.41. The molecule has 0 aliphatic heterocycles. The van der Waals surface area contributed by atoms with Crippen LogP contribution in [0.25, 0.3) is 10.9 Å². The lowest BCUT2D eigenvalue weighted by molar-refractivity contribution is -0.383. The molecule has 0 saturated heterocycles. The minimum atomic E-state index is -0.477. The minimum Gasteiger partial charge on any atom is -0.424 e. The van der Waals surface area contributed by atoms with Crippen molar-refractivity contribution in [3.05, 3.63) is 57.4 Å². The molecule has 2 heterocycles. The van der Waals surface area contributed by atoms with Crippen molar-refractivity contribution in [3.63, 3.8) is 0 Å². The molecule has 104 valence electrons. The summed E-state index contributed by atoms with van der Waals surface area (Å²) in [7, 11) is 0. The van der Waals surface area contributed by atoms with Crippen molar-refractivity contribution in [2.24, 2.45) is 0 Å². The maximum absolute atomic E-state index is 11.0. The third kappa shape index (κ3) is 2.65. The Bertz CT molecular complexity index is 823. The van der Waals surface area contributed by atoms with Gasteiger partial charge in [0.2, 0.25) is 0 Å². The first-order valence-electron chi connectivity index (χ1n) is 5.82. The number of pyridine rings is 1. The Balaban J connectivity index is 2.09. The fourth-order valence-electron chi connectivity index (χ4n) is 1.82. The topological polar surface area (TPSA) is 91.0 Å². The molecule has 8 heteroatoms. The van der Waals surface area contributed by atoms with Gasteiger partial charge in [-0.2, -0.15) is 0 Å². The number of ether oxygens (including phenoxy) is 1. The highest BCUT2D eigenvalue weighted by Crippen LogP contribution is 2.33. The summed E-state index contributed by atoms with van der Waals surface area (Å²) in [5.41, 5.74) is 0.187. The van der Waals surface area contributed by atoms with E-state index in [0.717, 1.165) is 4.47 Å². The summed E-state index contributed by atoms with van der Waals surface area (Å²) in [6.45, 7) is 0. The molecule has 0 aliphatic rings. The third-order valence-electron chi connectivity index (χ3n) is 2.70. The number of non-ortho nitro benzene ring substituents is 1. The van der Waals surface area contributed by atoms with Crippen LogP contribution in [-0.2, 0) is 0 Å². The molecule has 3 rings (SSSR count). The van der Waals surface area contributed by atoms with Crippen LogP contribution < -0.4 is 4.74 Å². The first kappa shape index (κ1) is 13.4. The maximum Gasteiger partial charge on any atom is 0.321 e. The van der Waals surface area contributed by atoms with E-state index >= 15 is 0 Å². The fraction of sp³-hybridized carbons (Fsp3) is 0. The highest BCUT2D eigenvalue weighted by atomic mass is 79.9. The van der Waals surface area contributed by atoms with Gasteiger partial charge < -0.3 is 4.74 Å². The molecular formula is C13H7BrN4O3. The van der Waals surface area contributed by atoms with Gasteiger partial charge in [0.15, 0.2) is 5.52 Å². The highest BCUT2D eigenvalue weighted by Gasteiger charge is 2.16. The van der Waals surface area contributed by atoms with E-state index in [1.807, 2.05) is 0 Å². The Labute approximate surface area is 126 Å². The molecule has 7 nitrogen and oxygen atoms in total. The van der Waals surface area contributed by atoms with Crippen molar-refractivity contribution < 1.29 is 9.66 Å². The van der Waals surface area contributed by atoms with Gasteiger partial charge in [0, 0.05) is 24.7 Å². The fourth-order valence-corrected chi connectivity index (χ4v) is 2.02. The summed E-state index contributed by atoms with van der Waals surface area (Å²) in [6.07, 6.45) is 4.59. The number of halogens is 1. The van der Waals surface area contributed by atoms with Crippen LogP contribution in [-0.4, -0.2) is 19.9 Å². The third-order valence-corrected chi connectivity index (χ3v) is 3.11. The molecule has 0 N–H and O–H groups in total. The van der Waals surface area contributed by atoms with Crippen LogP contribution >= 0.6 is 15.9 Å². The Morgan fingerprint density at radius 3 is 2.62 bits per heavy atom. The summed E-state index contributed by atoms with van der Waals surface area (Å²) in [5, 5.41) is 11.5. The summed E-state index contributed by atoms with van der Waals surface area (Å²) in [4.78, 5) is 22.6. The van der Waals surface area contributed by atoms with Crippen molar-refractivity contribution in [3.8, 4) is 11.8 Å². The molecule has 0 fully saturated rings. The standard InChI is InChI=1S/C13H7BrN4O3/c14-8-6-16-13(17-7-8)21-11-4-3-10(18(19)20)12-9(11)2-1-5-15-12/h1-7H. The second-order valence-corrected chi connectivity index (χ2v) is 4.94. The van der Waals surface area contributed by atoms with Crippen LogP contribution in [0.5, 0.6) is 11.8 Å². The van der Waals surface area contributed by atoms with Gasteiger partial charge in [-0.25, -0.2) is 15.0 Å². The second-order valence-electron chi connectivity index (χ2n) is 4.03. The Hall–Kier alpha value is -2.61. The largest absolute Gasteiger partial charge is 0.424 e. The summed E-state index contributed by atoms with van der Waals surface area (Å²) in [5.74, 6) is 0.408. The molecule has 0 aliphatic carbocycles. The van der Waals surface area contributed by atoms with Crippen molar-refractivity contribution in [1.82, 2.24) is 15.0 Å². The van der Waals surface area contributed by atoms with E-state index in [2.05, 4.69) is 30.9 Å². The lowest BCUT2D eigenvalue weighted by Gasteiger charge is -2.07. The van der Waals surface area contributed by atoms with Crippen LogP contribution in [0.3, 0.4) is 0 Å². The molecule has 2 aromatic heterocycles. The average Bonchev–Trinajstić information content (AvgIpc) is 2.49. The summed E-state index contributed by atoms with van der Waals surface area (Å²) in [6, 6.07) is 6.39. The molecule has 0 spiro atoms. The monoisotopic (exact) mass is 346 g/mol. The quantitative estimate of drug-likeness (QED) is 0.532. The van der Waals surface area contributed by atoms with E-state index in [1.165, 1.54) is 18.3 Å². The van der Waals surface area contributed by atoms with Crippen LogP contribution in [0.1, 0.15) is 0 Å². The average molecular weight is 347 g/mol. The van der Waals surface area contributed by atoms with E-state index in [-0.39, 0.29) is 17.2 Å². The van der Waals surface area contributed by atoms with Gasteiger partial charge >= 0.3 is 6.01 Å². The zero-order valence-corrected chi connectivity index (χ0v) is 12.0. The van der Waals surface area contributed by atoms with Gasteiger partial charge in [0.25, 0.3) is 5.69 Å². The predicted molar refractivity (Wildman–Crippen MR) is 78.2 cm³/mol. The number of nitrogens with zero attached hydrogens (tertiary/aromatic N) is 4. The number of benzene rings is 1. The van der Waals surface area contributed by atoms with Crippen molar-refractivity contribution >= 4 is 32.5 Å². The van der Waals surface area contributed by atoms with Crippen molar-refractivity contribution in [2.75, 3.05) is 0 Å². The zero-order chi connectivity index (χ0) is 14.8. The minimum absolute atomic E-state index is 0.0744. The molecule has 3 aromatic rings. The van der Waals surface area contributed by atoms with Crippen LogP contribution in [0.2, 0.25) is 0 Å². The van der Waals surface area contributed by atoms with E-state index in [0.29, 0.717) is 11.1 Å². The van der Waals surface area contributed by atoms with E-state index < -0.39 is 4.92 Å². The number of nitro groups is 1. The Kier molecular flexibility index (Phi) is 3.44. The SMILES string of the molecule is O=[N+]([O-])c1ccc(Oc2ncc(Br)cn2)c2cccnc12. The number of hydrogen-bond acceptors (Lipinski definition) is 6. The number of aromatic nitrogens is 3. The molecule has 0 bridgehead atoms. The van der Waals surface area contributed by atoms with Gasteiger partial charge in [-0.1, -0.05) is 0 Å². The zero-order valence-electron chi connectivity index (χ0n) is 10.4. The Morgan fingerprint density at radius 1 is 1.14 bits per heavy atom. The van der Waals surface area contributed by atoms with Crippen molar-refractivity contribution in [1.29, 1.82) is 0 Å². The van der Waals surface area contributed by atoms with Gasteiger partial charge in [-0.05, 0) is 34.1 Å². The van der Waals surface area contributed by atoms with Gasteiger partial charge in [-0.15, -0.1) is 0 Å². The van der Waals surface area contributed by atoms with Crippen molar-refractivity contribution in [2.45, 2.75) is 0 Å².